The van der Waals surface area contributed by atoms with Gasteiger partial charge >= 0.3 is 0 Å². The Bertz CT molecular complexity index is 886. The molecule has 0 N–H and O–H groups in total. The quantitative estimate of drug-likeness (QED) is 0.396. The van der Waals surface area contributed by atoms with Crippen molar-refractivity contribution in [3.8, 4) is 11.5 Å². The van der Waals surface area contributed by atoms with Gasteiger partial charge in [0.05, 0.1) is 0 Å². The highest BCUT2D eigenvalue weighted by molar-refractivity contribution is 7.10. The van der Waals surface area contributed by atoms with E-state index in [0.717, 1.165) is 6.42 Å². The number of hydrogen-bond acceptors (Lipinski definition) is 0. The van der Waals surface area contributed by atoms with E-state index in [-0.39, 0.29) is 11.0 Å². The molecule has 0 aromatic heterocycles. The first-order chi connectivity index (χ1) is 13.5. The predicted octanol–water partition coefficient (Wildman–Crippen LogP) is 5.79. The summed E-state index contributed by atoms with van der Waals surface area (Å²) in [5.41, 5.74) is 5.26. The van der Waals surface area contributed by atoms with Gasteiger partial charge < -0.3 is 0 Å². The van der Waals surface area contributed by atoms with Gasteiger partial charge in [0.25, 0.3) is 0 Å². The minimum atomic E-state index is -2.32. The molecule has 0 heterocycles. The van der Waals surface area contributed by atoms with E-state index in [2.05, 4.69) is 130 Å². The van der Waals surface area contributed by atoms with Gasteiger partial charge in [-0.2, -0.15) is 0 Å². The molecular weight excluding hydrogens is 352 g/mol. The van der Waals surface area contributed by atoms with Crippen molar-refractivity contribution in [1.82, 2.24) is 0 Å². The molecule has 1 atom stereocenters. The largest absolute Gasteiger partial charge is 0.204 e. The van der Waals surface area contributed by atoms with E-state index in [0.29, 0.717) is 0 Å². The zero-order valence-corrected chi connectivity index (χ0v) is 18.4. The molecule has 0 nitrogen and oxygen atoms in total. The van der Waals surface area contributed by atoms with Gasteiger partial charge in [-0.25, -0.2) is 0 Å². The average molecular weight is 383 g/mol. The van der Waals surface area contributed by atoms with Crippen molar-refractivity contribution in [2.45, 2.75) is 45.1 Å². The molecule has 0 amide bonds. The molecule has 0 radical (unpaired) electrons. The number of hydrogen-bond donors (Lipinski definition) is 0. The lowest BCUT2D eigenvalue weighted by atomic mass is 9.98. The Morgan fingerprint density at radius 1 is 0.714 bits per heavy atom. The number of benzene rings is 3. The molecule has 0 saturated heterocycles. The van der Waals surface area contributed by atoms with Gasteiger partial charge in [-0.05, 0) is 27.4 Å². The Kier molecular flexibility index (Phi) is 6.22. The summed E-state index contributed by atoms with van der Waals surface area (Å²) < 4.78 is 0. The Balaban J connectivity index is 2.23. The first kappa shape index (κ1) is 20.2. The van der Waals surface area contributed by atoms with Crippen LogP contribution in [0.4, 0.5) is 0 Å². The normalized spacial score (nSPS) is 12.7. The maximum atomic E-state index is 3.94. The maximum Gasteiger partial charge on any atom is 0.204 e. The molecule has 0 bridgehead atoms. The van der Waals surface area contributed by atoms with Crippen LogP contribution in [0, 0.1) is 11.5 Å². The molecule has 0 aliphatic rings. The van der Waals surface area contributed by atoms with Crippen LogP contribution < -0.4 is 10.4 Å². The van der Waals surface area contributed by atoms with Gasteiger partial charge in [0.15, 0.2) is 0 Å². The summed E-state index contributed by atoms with van der Waals surface area (Å²) in [6.45, 7) is 9.31. The average Bonchev–Trinajstić information content (AvgIpc) is 2.72. The van der Waals surface area contributed by atoms with Crippen molar-refractivity contribution in [3.05, 3.63) is 96.6 Å². The van der Waals surface area contributed by atoms with Crippen molar-refractivity contribution in [2.75, 3.05) is 0 Å². The van der Waals surface area contributed by atoms with Crippen molar-refractivity contribution < 1.29 is 0 Å². The lowest BCUT2D eigenvalue weighted by Gasteiger charge is -2.39. The molecule has 3 aromatic rings. The minimum absolute atomic E-state index is 0.0671. The summed E-state index contributed by atoms with van der Waals surface area (Å²) in [6, 6.07) is 32.6. The van der Waals surface area contributed by atoms with Crippen LogP contribution >= 0.6 is 0 Å². The van der Waals surface area contributed by atoms with Gasteiger partial charge in [0.2, 0.25) is 8.07 Å². The van der Waals surface area contributed by atoms with Crippen LogP contribution in [0.3, 0.4) is 0 Å². The van der Waals surface area contributed by atoms with Crippen molar-refractivity contribution in [1.29, 1.82) is 0 Å². The van der Waals surface area contributed by atoms with Crippen LogP contribution in [-0.4, -0.2) is 8.07 Å². The predicted molar refractivity (Wildman–Crippen MR) is 125 cm³/mol. The van der Waals surface area contributed by atoms with E-state index in [1.54, 1.807) is 0 Å². The van der Waals surface area contributed by atoms with E-state index in [1.165, 1.54) is 15.9 Å². The lowest BCUT2D eigenvalue weighted by molar-refractivity contribution is 0.740. The second-order valence-electron chi connectivity index (χ2n) is 8.37. The van der Waals surface area contributed by atoms with Gasteiger partial charge in [-0.15, -0.1) is 11.5 Å². The second kappa shape index (κ2) is 8.63. The molecule has 3 rings (SSSR count). The van der Waals surface area contributed by atoms with Crippen LogP contribution in [0.5, 0.6) is 0 Å². The van der Waals surface area contributed by atoms with Crippen molar-refractivity contribution in [2.24, 2.45) is 0 Å². The molecule has 0 saturated carbocycles. The fourth-order valence-electron chi connectivity index (χ4n) is 4.04. The van der Waals surface area contributed by atoms with Crippen LogP contribution in [0.1, 0.15) is 45.6 Å². The molecule has 0 spiro atoms. The molecule has 0 fully saturated rings. The van der Waals surface area contributed by atoms with Gasteiger partial charge in [0, 0.05) is 5.92 Å². The molecule has 3 aromatic carbocycles. The molecule has 1 heteroatoms. The first-order valence-corrected chi connectivity index (χ1v) is 12.2. The summed E-state index contributed by atoms with van der Waals surface area (Å²) >= 11 is 0. The summed E-state index contributed by atoms with van der Waals surface area (Å²) in [5.74, 6) is 4.01. The van der Waals surface area contributed by atoms with E-state index in [4.69, 9.17) is 0 Å². The molecule has 0 aliphatic heterocycles. The number of rotatable bonds is 4. The molecule has 142 valence electrons. The zero-order chi connectivity index (χ0) is 20.0. The highest BCUT2D eigenvalue weighted by Crippen LogP contribution is 2.35. The van der Waals surface area contributed by atoms with Crippen LogP contribution in [0.25, 0.3) is 0 Å². The summed E-state index contributed by atoms with van der Waals surface area (Å²) in [5, 5.41) is 2.85. The van der Waals surface area contributed by atoms with Crippen LogP contribution in [-0.2, 0) is 0 Å². The fraction of sp³-hybridized carbons (Fsp3) is 0.259. The fourth-order valence-corrected chi connectivity index (χ4v) is 8.55. The van der Waals surface area contributed by atoms with E-state index < -0.39 is 8.07 Å². The van der Waals surface area contributed by atoms with Crippen LogP contribution in [0.15, 0.2) is 91.0 Å². The molecule has 28 heavy (non-hydrogen) atoms. The summed E-state index contributed by atoms with van der Waals surface area (Å²) in [7, 11) is -2.32. The van der Waals surface area contributed by atoms with Crippen molar-refractivity contribution in [3.63, 3.8) is 0 Å². The van der Waals surface area contributed by atoms with Gasteiger partial charge in [-0.1, -0.05) is 119 Å². The van der Waals surface area contributed by atoms with Crippen molar-refractivity contribution >= 4 is 18.4 Å². The summed E-state index contributed by atoms with van der Waals surface area (Å²) in [4.78, 5) is 0. The maximum absolute atomic E-state index is 3.94. The highest BCUT2D eigenvalue weighted by Gasteiger charge is 2.47. The van der Waals surface area contributed by atoms with E-state index in [1.807, 2.05) is 0 Å². The lowest BCUT2D eigenvalue weighted by Crippen LogP contribution is -2.63. The Morgan fingerprint density at radius 2 is 1.14 bits per heavy atom. The first-order valence-electron chi connectivity index (χ1n) is 10.2. The standard InChI is InChI=1S/C27H30Si/c1-5-23(24-15-9-6-10-16-24)21-22-28(27(2,3)4,25-17-11-7-12-18-25)26-19-13-8-14-20-26/h6-20,23H,5H2,1-4H3/t23-/m1/s1. The Labute approximate surface area is 171 Å². The SMILES string of the molecule is CC[C@H](C#C[Si](c1ccccc1)(c1ccccc1)C(C)(C)C)c1ccccc1. The smallest absolute Gasteiger partial charge is 0.119 e. The topological polar surface area (TPSA) is 0 Å². The zero-order valence-electron chi connectivity index (χ0n) is 17.4. The monoisotopic (exact) mass is 382 g/mol. The van der Waals surface area contributed by atoms with Gasteiger partial charge in [0.1, 0.15) is 0 Å². The molecular formula is C27H30Si. The molecule has 0 aliphatic carbocycles. The van der Waals surface area contributed by atoms with E-state index in [9.17, 15) is 0 Å². The van der Waals surface area contributed by atoms with E-state index >= 15 is 0 Å². The third-order valence-electron chi connectivity index (χ3n) is 5.58. The molecule has 0 unspecified atom stereocenters. The summed E-state index contributed by atoms with van der Waals surface area (Å²) in [6.07, 6.45) is 1.02. The minimum Gasteiger partial charge on any atom is -0.119 e. The third kappa shape index (κ3) is 3.98. The Hall–Kier alpha value is -2.56. The Morgan fingerprint density at radius 3 is 1.54 bits per heavy atom. The highest BCUT2D eigenvalue weighted by atomic mass is 28.3. The second-order valence-corrected chi connectivity index (χ2v) is 12.8. The van der Waals surface area contributed by atoms with Gasteiger partial charge in [-0.3, -0.25) is 0 Å². The van der Waals surface area contributed by atoms with Crippen LogP contribution in [0.2, 0.25) is 5.04 Å². The third-order valence-corrected chi connectivity index (χ3v) is 10.8.